The number of nitriles is 1. The molecule has 0 saturated carbocycles. The summed E-state index contributed by atoms with van der Waals surface area (Å²) in [7, 11) is 0. The van der Waals surface area contributed by atoms with E-state index in [-0.39, 0.29) is 12.3 Å². The fourth-order valence-electron chi connectivity index (χ4n) is 2.88. The van der Waals surface area contributed by atoms with Crippen LogP contribution >= 0.6 is 0 Å². The quantitative estimate of drug-likeness (QED) is 0.705. The lowest BCUT2D eigenvalue weighted by atomic mass is 10.0. The molecule has 1 amide bonds. The molecule has 0 spiro atoms. The van der Waals surface area contributed by atoms with Crippen molar-refractivity contribution in [2.24, 2.45) is 0 Å². The molecule has 26 heavy (non-hydrogen) atoms. The maximum atomic E-state index is 11.7. The van der Waals surface area contributed by atoms with E-state index in [1.165, 1.54) is 5.56 Å². The van der Waals surface area contributed by atoms with Crippen LogP contribution in [0.2, 0.25) is 0 Å². The zero-order valence-corrected chi connectivity index (χ0v) is 14.4. The van der Waals surface area contributed by atoms with Gasteiger partial charge in [-0.3, -0.25) is 4.79 Å². The molecule has 3 aromatic rings. The molecule has 0 fully saturated rings. The van der Waals surface area contributed by atoms with Gasteiger partial charge in [-0.15, -0.1) is 0 Å². The Kier molecular flexibility index (Phi) is 5.84. The second-order valence-electron chi connectivity index (χ2n) is 5.96. The van der Waals surface area contributed by atoms with Gasteiger partial charge >= 0.3 is 0 Å². The monoisotopic (exact) mass is 344 g/mol. The smallest absolute Gasteiger partial charge is 0.234 e. The number of carbonyl (C=O) groups excluding carboxylic acids is 1. The molecular formula is C22H20N2O2. The van der Waals surface area contributed by atoms with Gasteiger partial charge in [0.25, 0.3) is 0 Å². The number of rotatable bonds is 7. The van der Waals surface area contributed by atoms with Crippen molar-refractivity contribution in [3.63, 3.8) is 0 Å². The molecule has 1 N–H and O–H groups in total. The molecule has 4 heteroatoms. The summed E-state index contributed by atoms with van der Waals surface area (Å²) in [5, 5.41) is 13.6. The molecule has 3 aromatic carbocycles. The lowest BCUT2D eigenvalue weighted by Gasteiger charge is -2.15. The van der Waals surface area contributed by atoms with Crippen LogP contribution in [0.1, 0.15) is 17.5 Å². The van der Waals surface area contributed by atoms with Crippen molar-refractivity contribution >= 4 is 16.7 Å². The minimum absolute atomic E-state index is 0.144. The summed E-state index contributed by atoms with van der Waals surface area (Å²) in [4.78, 5) is 11.7. The van der Waals surface area contributed by atoms with E-state index in [2.05, 4.69) is 17.4 Å². The molecular weight excluding hydrogens is 324 g/mol. The Bertz CT molecular complexity index is 930. The van der Waals surface area contributed by atoms with Gasteiger partial charge in [-0.25, -0.2) is 0 Å². The highest BCUT2D eigenvalue weighted by atomic mass is 16.5. The highest BCUT2D eigenvalue weighted by Crippen LogP contribution is 2.28. The maximum absolute atomic E-state index is 11.7. The molecule has 3 rings (SSSR count). The van der Waals surface area contributed by atoms with Gasteiger partial charge in [0.15, 0.2) is 0 Å². The molecule has 0 bridgehead atoms. The first-order valence-electron chi connectivity index (χ1n) is 8.59. The standard InChI is InChI=1S/C22H20N2O2/c23-14-12-22(25)24-16-20-19-9-5-4-8-18(19)10-11-21(20)26-15-13-17-6-2-1-3-7-17/h1-11H,12-13,15-16H2,(H,24,25). The van der Waals surface area contributed by atoms with Crippen molar-refractivity contribution in [1.82, 2.24) is 5.32 Å². The number of carbonyl (C=O) groups is 1. The number of benzene rings is 3. The average Bonchev–Trinajstić information content (AvgIpc) is 2.68. The van der Waals surface area contributed by atoms with E-state index >= 15 is 0 Å². The summed E-state index contributed by atoms with van der Waals surface area (Å²) in [6.45, 7) is 0.893. The summed E-state index contributed by atoms with van der Waals surface area (Å²) in [5.41, 5.74) is 2.15. The average molecular weight is 344 g/mol. The molecule has 0 radical (unpaired) electrons. The maximum Gasteiger partial charge on any atom is 0.234 e. The van der Waals surface area contributed by atoms with Crippen molar-refractivity contribution in [3.8, 4) is 11.8 Å². The zero-order chi connectivity index (χ0) is 18.2. The van der Waals surface area contributed by atoms with Crippen LogP contribution < -0.4 is 10.1 Å². The number of amides is 1. The Hall–Kier alpha value is -3.32. The first-order valence-corrected chi connectivity index (χ1v) is 8.59. The Labute approximate surface area is 153 Å². The van der Waals surface area contributed by atoms with E-state index in [9.17, 15) is 4.79 Å². The van der Waals surface area contributed by atoms with Crippen LogP contribution in [0, 0.1) is 11.3 Å². The lowest BCUT2D eigenvalue weighted by molar-refractivity contribution is -0.120. The minimum atomic E-state index is -0.282. The molecule has 0 aromatic heterocycles. The summed E-state index contributed by atoms with van der Waals surface area (Å²) in [6, 6.07) is 24.0. The van der Waals surface area contributed by atoms with Gasteiger partial charge in [-0.1, -0.05) is 60.7 Å². The van der Waals surface area contributed by atoms with Gasteiger partial charge in [0.05, 0.1) is 12.7 Å². The number of hydrogen-bond acceptors (Lipinski definition) is 3. The number of fused-ring (bicyclic) bond motifs is 1. The summed E-state index contributed by atoms with van der Waals surface area (Å²) in [5.74, 6) is 0.479. The van der Waals surface area contributed by atoms with Crippen molar-refractivity contribution in [2.45, 2.75) is 19.4 Å². The number of nitrogens with zero attached hydrogens (tertiary/aromatic N) is 1. The molecule has 0 aliphatic rings. The first-order chi connectivity index (χ1) is 12.8. The first kappa shape index (κ1) is 17.5. The zero-order valence-electron chi connectivity index (χ0n) is 14.4. The third kappa shape index (κ3) is 4.40. The number of hydrogen-bond donors (Lipinski definition) is 1. The third-order valence-electron chi connectivity index (χ3n) is 4.19. The summed E-state index contributed by atoms with van der Waals surface area (Å²) >= 11 is 0. The predicted octanol–water partition coefficient (Wildman–Crippen LogP) is 3.99. The minimum Gasteiger partial charge on any atom is -0.493 e. The second-order valence-corrected chi connectivity index (χ2v) is 5.96. The Balaban J connectivity index is 1.78. The van der Waals surface area contributed by atoms with E-state index in [0.29, 0.717) is 13.2 Å². The third-order valence-corrected chi connectivity index (χ3v) is 4.19. The van der Waals surface area contributed by atoms with Crippen LogP contribution in [0.15, 0.2) is 66.7 Å². The topological polar surface area (TPSA) is 62.1 Å². The summed E-state index contributed by atoms with van der Waals surface area (Å²) in [6.07, 6.45) is 0.670. The van der Waals surface area contributed by atoms with E-state index in [1.807, 2.05) is 60.7 Å². The van der Waals surface area contributed by atoms with Gasteiger partial charge in [0.1, 0.15) is 12.2 Å². The SMILES string of the molecule is N#CCC(=O)NCc1c(OCCc2ccccc2)ccc2ccccc12. The van der Waals surface area contributed by atoms with E-state index < -0.39 is 0 Å². The molecule has 0 unspecified atom stereocenters. The molecule has 130 valence electrons. The second kappa shape index (κ2) is 8.68. The van der Waals surface area contributed by atoms with Gasteiger partial charge in [0.2, 0.25) is 5.91 Å². The predicted molar refractivity (Wildman–Crippen MR) is 102 cm³/mol. The van der Waals surface area contributed by atoms with Crippen LogP contribution in [-0.4, -0.2) is 12.5 Å². The number of nitrogens with one attached hydrogen (secondary N) is 1. The fraction of sp³-hybridized carbons (Fsp3) is 0.182. The van der Waals surface area contributed by atoms with Crippen molar-refractivity contribution in [3.05, 3.63) is 77.9 Å². The molecule has 0 aliphatic carbocycles. The van der Waals surface area contributed by atoms with Crippen LogP contribution in [0.25, 0.3) is 10.8 Å². The highest BCUT2D eigenvalue weighted by molar-refractivity contribution is 5.88. The molecule has 0 saturated heterocycles. The molecule has 0 atom stereocenters. The lowest BCUT2D eigenvalue weighted by Crippen LogP contribution is -2.22. The summed E-state index contributed by atoms with van der Waals surface area (Å²) < 4.78 is 6.03. The van der Waals surface area contributed by atoms with E-state index in [4.69, 9.17) is 10.00 Å². The van der Waals surface area contributed by atoms with Crippen molar-refractivity contribution < 1.29 is 9.53 Å². The Morgan fingerprint density at radius 2 is 1.77 bits per heavy atom. The van der Waals surface area contributed by atoms with E-state index in [0.717, 1.165) is 28.5 Å². The van der Waals surface area contributed by atoms with Crippen molar-refractivity contribution in [2.75, 3.05) is 6.61 Å². The molecule has 0 aliphatic heterocycles. The molecule has 0 heterocycles. The largest absolute Gasteiger partial charge is 0.493 e. The van der Waals surface area contributed by atoms with Crippen LogP contribution in [0.4, 0.5) is 0 Å². The van der Waals surface area contributed by atoms with Crippen LogP contribution in [-0.2, 0) is 17.8 Å². The normalized spacial score (nSPS) is 10.3. The Morgan fingerprint density at radius 1 is 1.00 bits per heavy atom. The van der Waals surface area contributed by atoms with Gasteiger partial charge in [0, 0.05) is 18.5 Å². The fourth-order valence-corrected chi connectivity index (χ4v) is 2.88. The van der Waals surface area contributed by atoms with Crippen LogP contribution in [0.3, 0.4) is 0 Å². The Morgan fingerprint density at radius 3 is 2.58 bits per heavy atom. The highest BCUT2D eigenvalue weighted by Gasteiger charge is 2.10. The van der Waals surface area contributed by atoms with Gasteiger partial charge < -0.3 is 10.1 Å². The van der Waals surface area contributed by atoms with Crippen LogP contribution in [0.5, 0.6) is 5.75 Å². The van der Waals surface area contributed by atoms with Gasteiger partial charge in [-0.05, 0) is 22.4 Å². The molecule has 4 nitrogen and oxygen atoms in total. The number of ether oxygens (including phenoxy) is 1. The van der Waals surface area contributed by atoms with E-state index in [1.54, 1.807) is 0 Å². The van der Waals surface area contributed by atoms with Gasteiger partial charge in [-0.2, -0.15) is 5.26 Å². The van der Waals surface area contributed by atoms with Crippen molar-refractivity contribution in [1.29, 1.82) is 5.26 Å².